The molecule has 0 heterocycles. The van der Waals surface area contributed by atoms with Crippen molar-refractivity contribution in [2.24, 2.45) is 5.73 Å². The van der Waals surface area contributed by atoms with Crippen molar-refractivity contribution < 1.29 is 39.3 Å². The van der Waals surface area contributed by atoms with Gasteiger partial charge in [-0.05, 0) is 6.42 Å². The highest BCUT2D eigenvalue weighted by Gasteiger charge is 2.28. The largest absolute Gasteiger partial charge is 0.481 e. The van der Waals surface area contributed by atoms with E-state index in [9.17, 15) is 24.0 Å². The molecule has 4 amide bonds. The third kappa shape index (κ3) is 8.62. The normalized spacial score (nSPS) is 13.9. The molecule has 0 rings (SSSR count). The molecule has 8 N–H and O–H groups in total. The zero-order valence-corrected chi connectivity index (χ0v) is 13.5. The van der Waals surface area contributed by atoms with Gasteiger partial charge in [-0.1, -0.05) is 0 Å². The minimum absolute atomic E-state index is 0.331. The number of nitrogens with one attached hydrogen (secondary N) is 3. The molecule has 0 aliphatic rings. The molecule has 0 spiro atoms. The second-order valence-corrected chi connectivity index (χ2v) is 5.08. The molecule has 0 aromatic carbocycles. The van der Waals surface area contributed by atoms with Crippen molar-refractivity contribution in [3.8, 4) is 0 Å². The van der Waals surface area contributed by atoms with Gasteiger partial charge in [0.15, 0.2) is 0 Å². The molecule has 0 fully saturated rings. The van der Waals surface area contributed by atoms with E-state index in [1.807, 2.05) is 0 Å². The average Bonchev–Trinajstić information content (AvgIpc) is 2.52. The zero-order valence-electron chi connectivity index (χ0n) is 13.5. The van der Waals surface area contributed by atoms with E-state index in [4.69, 9.17) is 21.1 Å². The van der Waals surface area contributed by atoms with Crippen LogP contribution in [0.5, 0.6) is 0 Å². The summed E-state index contributed by atoms with van der Waals surface area (Å²) in [6, 6.07) is -4.15. The molecule has 0 aromatic rings. The van der Waals surface area contributed by atoms with Gasteiger partial charge < -0.3 is 37.0 Å². The molecule has 25 heavy (non-hydrogen) atoms. The number of hydrogen-bond acceptors (Lipinski definition) is 7. The minimum Gasteiger partial charge on any atom is -0.481 e. The molecule has 0 unspecified atom stereocenters. The number of carboxylic acid groups (broad SMARTS) is 1. The number of primary amides is 1. The summed E-state index contributed by atoms with van der Waals surface area (Å²) >= 11 is 0. The maximum absolute atomic E-state index is 12.1. The monoisotopic (exact) mass is 362 g/mol. The topological polar surface area (TPSA) is 208 Å². The van der Waals surface area contributed by atoms with Crippen molar-refractivity contribution >= 4 is 29.6 Å². The van der Waals surface area contributed by atoms with Crippen LogP contribution in [-0.4, -0.2) is 76.3 Å². The Hall–Kier alpha value is -2.73. The number of carbonyl (C=O) groups excluding carboxylic acids is 4. The summed E-state index contributed by atoms with van der Waals surface area (Å²) in [5.74, 6) is -4.74. The quantitative estimate of drug-likeness (QED) is 0.191. The second kappa shape index (κ2) is 10.9. The van der Waals surface area contributed by atoms with Crippen LogP contribution in [0.3, 0.4) is 0 Å². The van der Waals surface area contributed by atoms with Gasteiger partial charge in [0.05, 0.1) is 13.2 Å². The maximum atomic E-state index is 12.1. The second-order valence-electron chi connectivity index (χ2n) is 5.08. The lowest BCUT2D eigenvalue weighted by Crippen LogP contribution is -2.57. The molecule has 0 bridgehead atoms. The van der Waals surface area contributed by atoms with E-state index in [1.54, 1.807) is 0 Å². The molecule has 12 nitrogen and oxygen atoms in total. The lowest BCUT2D eigenvalue weighted by atomic mass is 10.1. The molecule has 12 heteroatoms. The fourth-order valence-electron chi connectivity index (χ4n) is 1.73. The first kappa shape index (κ1) is 22.3. The number of aliphatic hydroxyl groups excluding tert-OH is 2. The summed E-state index contributed by atoms with van der Waals surface area (Å²) in [5.41, 5.74) is 4.97. The van der Waals surface area contributed by atoms with Crippen LogP contribution in [0.15, 0.2) is 0 Å². The lowest BCUT2D eigenvalue weighted by molar-refractivity contribution is -0.138. The van der Waals surface area contributed by atoms with Crippen LogP contribution in [0.25, 0.3) is 0 Å². The van der Waals surface area contributed by atoms with Gasteiger partial charge >= 0.3 is 5.97 Å². The Kier molecular flexibility index (Phi) is 9.74. The summed E-state index contributed by atoms with van der Waals surface area (Å²) in [7, 11) is 0. The first-order valence-corrected chi connectivity index (χ1v) is 7.23. The molecule has 0 aliphatic carbocycles. The Bertz CT molecular complexity index is 524. The first-order chi connectivity index (χ1) is 11.6. The van der Waals surface area contributed by atoms with E-state index < -0.39 is 67.4 Å². The summed E-state index contributed by atoms with van der Waals surface area (Å²) in [6.07, 6.45) is -0.815. The number of aliphatic carboxylic acids is 1. The van der Waals surface area contributed by atoms with E-state index in [2.05, 4.69) is 16.0 Å². The Balaban J connectivity index is 5.10. The summed E-state index contributed by atoms with van der Waals surface area (Å²) in [4.78, 5) is 56.8. The van der Waals surface area contributed by atoms with E-state index in [0.717, 1.165) is 6.92 Å². The van der Waals surface area contributed by atoms with Gasteiger partial charge in [-0.15, -0.1) is 0 Å². The average molecular weight is 362 g/mol. The van der Waals surface area contributed by atoms with Gasteiger partial charge in [-0.2, -0.15) is 0 Å². The SMILES string of the molecule is CC(=O)N[C@@H](CO)C(=O)N[C@@H](CCC(=O)O)C(=O)N[C@@H](CO)C(N)=O. The summed E-state index contributed by atoms with van der Waals surface area (Å²) in [5, 5.41) is 33.2. The smallest absolute Gasteiger partial charge is 0.303 e. The standard InChI is InChI=1S/C13H22N4O8/c1-6(20)15-9(5-19)13(25)16-7(2-3-10(21)22)12(24)17-8(4-18)11(14)23/h7-9,18-19H,2-5H2,1H3,(H2,14,23)(H,15,20)(H,16,25)(H,17,24)(H,21,22)/t7-,8-,9-/m0/s1. The highest BCUT2D eigenvalue weighted by atomic mass is 16.4. The van der Waals surface area contributed by atoms with Gasteiger partial charge in [0.1, 0.15) is 18.1 Å². The highest BCUT2D eigenvalue weighted by molar-refractivity contribution is 5.94. The number of carbonyl (C=O) groups is 5. The molecule has 0 radical (unpaired) electrons. The number of rotatable bonds is 11. The van der Waals surface area contributed by atoms with Crippen LogP contribution in [0.1, 0.15) is 19.8 Å². The fourth-order valence-corrected chi connectivity index (χ4v) is 1.73. The number of amides is 4. The molecule has 0 saturated heterocycles. The van der Waals surface area contributed by atoms with Gasteiger partial charge in [0.25, 0.3) is 0 Å². The number of nitrogens with two attached hydrogens (primary N) is 1. The summed E-state index contributed by atoms with van der Waals surface area (Å²) < 4.78 is 0. The summed E-state index contributed by atoms with van der Waals surface area (Å²) in [6.45, 7) is -0.422. The van der Waals surface area contributed by atoms with E-state index in [1.165, 1.54) is 0 Å². The zero-order chi connectivity index (χ0) is 19.6. The Morgan fingerprint density at radius 3 is 1.76 bits per heavy atom. The van der Waals surface area contributed by atoms with Crippen LogP contribution in [0, 0.1) is 0 Å². The van der Waals surface area contributed by atoms with Gasteiger partial charge in [0.2, 0.25) is 23.6 Å². The van der Waals surface area contributed by atoms with Crippen molar-refractivity contribution in [2.45, 2.75) is 37.9 Å². The Labute approximate surface area is 142 Å². The minimum atomic E-state index is -1.42. The van der Waals surface area contributed by atoms with Crippen molar-refractivity contribution in [2.75, 3.05) is 13.2 Å². The van der Waals surface area contributed by atoms with E-state index in [0.29, 0.717) is 0 Å². The van der Waals surface area contributed by atoms with Crippen molar-refractivity contribution in [1.82, 2.24) is 16.0 Å². The predicted octanol–water partition coefficient (Wildman–Crippen LogP) is -4.20. The van der Waals surface area contributed by atoms with Crippen LogP contribution < -0.4 is 21.7 Å². The molecular weight excluding hydrogens is 340 g/mol. The van der Waals surface area contributed by atoms with Crippen molar-refractivity contribution in [1.29, 1.82) is 0 Å². The van der Waals surface area contributed by atoms with Crippen LogP contribution in [0.2, 0.25) is 0 Å². The maximum Gasteiger partial charge on any atom is 0.303 e. The highest BCUT2D eigenvalue weighted by Crippen LogP contribution is 2.00. The number of aliphatic hydroxyl groups is 2. The van der Waals surface area contributed by atoms with Crippen molar-refractivity contribution in [3.05, 3.63) is 0 Å². The fraction of sp³-hybridized carbons (Fsp3) is 0.615. The first-order valence-electron chi connectivity index (χ1n) is 7.23. The van der Waals surface area contributed by atoms with E-state index >= 15 is 0 Å². The van der Waals surface area contributed by atoms with Crippen LogP contribution in [0.4, 0.5) is 0 Å². The molecule has 3 atom stereocenters. The van der Waals surface area contributed by atoms with Gasteiger partial charge in [-0.3, -0.25) is 24.0 Å². The van der Waals surface area contributed by atoms with Crippen LogP contribution >= 0.6 is 0 Å². The van der Waals surface area contributed by atoms with Gasteiger partial charge in [0, 0.05) is 13.3 Å². The lowest BCUT2D eigenvalue weighted by Gasteiger charge is -2.23. The molecular formula is C13H22N4O8. The molecule has 142 valence electrons. The van der Waals surface area contributed by atoms with E-state index in [-0.39, 0.29) is 6.42 Å². The Morgan fingerprint density at radius 2 is 1.36 bits per heavy atom. The number of carboxylic acids is 1. The molecule has 0 aliphatic heterocycles. The third-order valence-corrected chi connectivity index (χ3v) is 3.00. The Morgan fingerprint density at radius 1 is 0.880 bits per heavy atom. The molecule has 0 aromatic heterocycles. The number of hydrogen-bond donors (Lipinski definition) is 7. The van der Waals surface area contributed by atoms with Gasteiger partial charge in [-0.25, -0.2) is 0 Å². The molecule has 0 saturated carbocycles. The predicted molar refractivity (Wildman–Crippen MR) is 81.7 cm³/mol. The van der Waals surface area contributed by atoms with Crippen molar-refractivity contribution in [3.63, 3.8) is 0 Å². The van der Waals surface area contributed by atoms with Crippen LogP contribution in [-0.2, 0) is 24.0 Å². The third-order valence-electron chi connectivity index (χ3n) is 3.00.